The van der Waals surface area contributed by atoms with Gasteiger partial charge in [-0.1, -0.05) is 19.8 Å². The summed E-state index contributed by atoms with van der Waals surface area (Å²) in [5.74, 6) is 1.21. The topological polar surface area (TPSA) is 57.2 Å². The van der Waals surface area contributed by atoms with Gasteiger partial charge in [0, 0.05) is 45.9 Å². The lowest BCUT2D eigenvalue weighted by Gasteiger charge is -2.37. The third-order valence-corrected chi connectivity index (χ3v) is 6.41. The number of ether oxygens (including phenoxy) is 1. The van der Waals surface area contributed by atoms with Crippen molar-refractivity contribution < 1.29 is 9.53 Å². The van der Waals surface area contributed by atoms with Crippen LogP contribution in [0.15, 0.2) is 4.99 Å². The molecule has 2 aliphatic heterocycles. The van der Waals surface area contributed by atoms with Crippen LogP contribution in [-0.4, -0.2) is 73.6 Å². The van der Waals surface area contributed by atoms with E-state index >= 15 is 0 Å². The molecule has 6 nitrogen and oxygen atoms in total. The SMILES string of the molecule is CCNC(=NCC1(CC)CCCC1)N1CCN(C(=O)C2CCCO2)CC1. The second-order valence-electron chi connectivity index (χ2n) is 8.04. The summed E-state index contributed by atoms with van der Waals surface area (Å²) >= 11 is 0. The van der Waals surface area contributed by atoms with Gasteiger partial charge < -0.3 is 19.9 Å². The number of nitrogens with one attached hydrogen (secondary N) is 1. The number of rotatable bonds is 5. The van der Waals surface area contributed by atoms with Gasteiger partial charge in [-0.15, -0.1) is 0 Å². The first-order valence-electron chi connectivity index (χ1n) is 10.6. The molecule has 0 bridgehead atoms. The first-order chi connectivity index (χ1) is 12.7. The molecule has 0 radical (unpaired) electrons. The van der Waals surface area contributed by atoms with Crippen LogP contribution in [0.2, 0.25) is 0 Å². The van der Waals surface area contributed by atoms with Crippen LogP contribution >= 0.6 is 0 Å². The second kappa shape index (κ2) is 9.07. The number of amides is 1. The zero-order valence-electron chi connectivity index (χ0n) is 16.6. The van der Waals surface area contributed by atoms with E-state index in [1.807, 2.05) is 4.90 Å². The van der Waals surface area contributed by atoms with Gasteiger partial charge in [-0.2, -0.15) is 0 Å². The van der Waals surface area contributed by atoms with Gasteiger partial charge in [-0.25, -0.2) is 0 Å². The number of aliphatic imine (C=N–C) groups is 1. The molecule has 6 heteroatoms. The van der Waals surface area contributed by atoms with Gasteiger partial charge in [-0.3, -0.25) is 9.79 Å². The summed E-state index contributed by atoms with van der Waals surface area (Å²) in [6, 6.07) is 0. The quantitative estimate of drug-likeness (QED) is 0.600. The Balaban J connectivity index is 1.55. The summed E-state index contributed by atoms with van der Waals surface area (Å²) in [5, 5.41) is 3.46. The fourth-order valence-electron chi connectivity index (χ4n) is 4.53. The van der Waals surface area contributed by atoms with Gasteiger partial charge in [-0.05, 0) is 44.4 Å². The van der Waals surface area contributed by atoms with E-state index in [1.54, 1.807) is 0 Å². The van der Waals surface area contributed by atoms with Crippen molar-refractivity contribution in [3.8, 4) is 0 Å². The van der Waals surface area contributed by atoms with Crippen LogP contribution in [0.3, 0.4) is 0 Å². The van der Waals surface area contributed by atoms with Crippen molar-refractivity contribution in [1.82, 2.24) is 15.1 Å². The molecular formula is C20H36N4O2. The lowest BCUT2D eigenvalue weighted by molar-refractivity contribution is -0.142. The number of carbonyl (C=O) groups excluding carboxylic acids is 1. The molecule has 1 N–H and O–H groups in total. The highest BCUT2D eigenvalue weighted by Crippen LogP contribution is 2.41. The fraction of sp³-hybridized carbons (Fsp3) is 0.900. The van der Waals surface area contributed by atoms with E-state index in [0.29, 0.717) is 5.41 Å². The Kier molecular flexibility index (Phi) is 6.79. The average molecular weight is 365 g/mol. The molecule has 0 spiro atoms. The van der Waals surface area contributed by atoms with Gasteiger partial charge in [0.2, 0.25) is 0 Å². The maximum absolute atomic E-state index is 12.5. The third-order valence-electron chi connectivity index (χ3n) is 6.41. The lowest BCUT2D eigenvalue weighted by Crippen LogP contribution is -2.55. The van der Waals surface area contributed by atoms with E-state index in [0.717, 1.165) is 64.7 Å². The van der Waals surface area contributed by atoms with Crippen molar-refractivity contribution in [3.63, 3.8) is 0 Å². The highest BCUT2D eigenvalue weighted by molar-refractivity contribution is 5.82. The Morgan fingerprint density at radius 3 is 2.38 bits per heavy atom. The van der Waals surface area contributed by atoms with Gasteiger partial charge in [0.1, 0.15) is 6.10 Å². The molecule has 3 fully saturated rings. The summed E-state index contributed by atoms with van der Waals surface area (Å²) in [7, 11) is 0. The van der Waals surface area contributed by atoms with E-state index in [4.69, 9.17) is 9.73 Å². The normalized spacial score (nSPS) is 26.4. The fourth-order valence-corrected chi connectivity index (χ4v) is 4.53. The van der Waals surface area contributed by atoms with Crippen LogP contribution in [-0.2, 0) is 9.53 Å². The van der Waals surface area contributed by atoms with Crippen LogP contribution in [0.25, 0.3) is 0 Å². The molecule has 3 rings (SSSR count). The van der Waals surface area contributed by atoms with Crippen LogP contribution in [0.1, 0.15) is 58.8 Å². The average Bonchev–Trinajstić information content (AvgIpc) is 3.37. The maximum Gasteiger partial charge on any atom is 0.251 e. The Morgan fingerprint density at radius 2 is 1.81 bits per heavy atom. The Labute approximate surface area is 158 Å². The molecule has 1 atom stereocenters. The molecule has 0 aromatic rings. The highest BCUT2D eigenvalue weighted by Gasteiger charge is 2.33. The molecule has 1 aliphatic carbocycles. The van der Waals surface area contributed by atoms with Gasteiger partial charge in [0.25, 0.3) is 5.91 Å². The highest BCUT2D eigenvalue weighted by atomic mass is 16.5. The molecule has 1 amide bonds. The Bertz CT molecular complexity index is 488. The van der Waals surface area contributed by atoms with Crippen LogP contribution in [0, 0.1) is 5.41 Å². The minimum absolute atomic E-state index is 0.181. The van der Waals surface area contributed by atoms with Crippen molar-refractivity contribution in [2.75, 3.05) is 45.9 Å². The van der Waals surface area contributed by atoms with E-state index in [9.17, 15) is 4.79 Å². The zero-order chi connectivity index (χ0) is 18.4. The van der Waals surface area contributed by atoms with Crippen LogP contribution in [0.5, 0.6) is 0 Å². The number of hydrogen-bond acceptors (Lipinski definition) is 3. The van der Waals surface area contributed by atoms with Crippen molar-refractivity contribution in [1.29, 1.82) is 0 Å². The summed E-state index contributed by atoms with van der Waals surface area (Å²) in [4.78, 5) is 21.8. The van der Waals surface area contributed by atoms with Crippen LogP contribution in [0.4, 0.5) is 0 Å². The standard InChI is InChI=1S/C20H36N4O2/c1-3-20(9-5-6-10-20)16-22-19(21-4-2)24-13-11-23(12-14-24)18(25)17-8-7-15-26-17/h17H,3-16H2,1-2H3,(H,21,22). The van der Waals surface area contributed by atoms with E-state index < -0.39 is 0 Å². The summed E-state index contributed by atoms with van der Waals surface area (Å²) in [6.07, 6.45) is 8.24. The molecule has 1 saturated carbocycles. The Hall–Kier alpha value is -1.30. The molecule has 2 saturated heterocycles. The summed E-state index contributed by atoms with van der Waals surface area (Å²) in [6.45, 7) is 10.2. The lowest BCUT2D eigenvalue weighted by atomic mass is 9.83. The van der Waals surface area contributed by atoms with Crippen molar-refractivity contribution >= 4 is 11.9 Å². The maximum atomic E-state index is 12.5. The zero-order valence-corrected chi connectivity index (χ0v) is 16.6. The summed E-state index contributed by atoms with van der Waals surface area (Å²) in [5.41, 5.74) is 0.415. The second-order valence-corrected chi connectivity index (χ2v) is 8.04. The minimum atomic E-state index is -0.199. The number of hydrogen-bond donors (Lipinski definition) is 1. The predicted octanol–water partition coefficient (Wildman–Crippen LogP) is 2.25. The van der Waals surface area contributed by atoms with Crippen molar-refractivity contribution in [2.45, 2.75) is 64.9 Å². The first kappa shape index (κ1) is 19.5. The van der Waals surface area contributed by atoms with E-state index in [-0.39, 0.29) is 12.0 Å². The molecule has 2 heterocycles. The molecule has 1 unspecified atom stereocenters. The molecule has 0 aromatic heterocycles. The smallest absolute Gasteiger partial charge is 0.251 e. The van der Waals surface area contributed by atoms with Crippen molar-refractivity contribution in [2.24, 2.45) is 10.4 Å². The van der Waals surface area contributed by atoms with E-state index in [2.05, 4.69) is 24.1 Å². The van der Waals surface area contributed by atoms with Crippen molar-refractivity contribution in [3.05, 3.63) is 0 Å². The summed E-state index contributed by atoms with van der Waals surface area (Å²) < 4.78 is 5.56. The number of carbonyl (C=O) groups is 1. The first-order valence-corrected chi connectivity index (χ1v) is 10.6. The number of nitrogens with zero attached hydrogens (tertiary/aromatic N) is 3. The van der Waals surface area contributed by atoms with Gasteiger partial charge >= 0.3 is 0 Å². The Morgan fingerprint density at radius 1 is 1.12 bits per heavy atom. The molecule has 3 aliphatic rings. The molecule has 26 heavy (non-hydrogen) atoms. The largest absolute Gasteiger partial charge is 0.368 e. The van der Waals surface area contributed by atoms with E-state index in [1.165, 1.54) is 32.1 Å². The predicted molar refractivity (Wildman–Crippen MR) is 104 cm³/mol. The molecule has 148 valence electrons. The van der Waals surface area contributed by atoms with Gasteiger partial charge in [0.15, 0.2) is 5.96 Å². The molecule has 0 aromatic carbocycles. The third kappa shape index (κ3) is 4.51. The minimum Gasteiger partial charge on any atom is -0.368 e. The number of guanidine groups is 1. The molecular weight excluding hydrogens is 328 g/mol. The monoisotopic (exact) mass is 364 g/mol. The van der Waals surface area contributed by atoms with Crippen LogP contribution < -0.4 is 5.32 Å². The number of piperazine rings is 1. The van der Waals surface area contributed by atoms with Gasteiger partial charge in [0.05, 0.1) is 0 Å².